The van der Waals surface area contributed by atoms with Gasteiger partial charge in [-0.3, -0.25) is 0 Å². The average Bonchev–Trinajstić information content (AvgIpc) is 3.19. The van der Waals surface area contributed by atoms with Gasteiger partial charge in [-0.1, -0.05) is 30.7 Å². The van der Waals surface area contributed by atoms with Crippen LogP contribution in [0.1, 0.15) is 25.3 Å². The Morgan fingerprint density at radius 2 is 1.81 bits per heavy atom. The van der Waals surface area contributed by atoms with Gasteiger partial charge in [0.2, 0.25) is 0 Å². The molecule has 0 spiro atoms. The van der Waals surface area contributed by atoms with Crippen LogP contribution in [0.25, 0.3) is 0 Å². The van der Waals surface area contributed by atoms with Gasteiger partial charge in [0, 0.05) is 10.4 Å². The third-order valence-corrected chi connectivity index (χ3v) is 7.33. The lowest BCUT2D eigenvalue weighted by Crippen LogP contribution is -2.40. The van der Waals surface area contributed by atoms with Crippen molar-refractivity contribution in [1.29, 1.82) is 0 Å². The molecule has 3 rings (SSSR count). The topological polar surface area (TPSA) is 71.4 Å². The Morgan fingerprint density at radius 1 is 1.16 bits per heavy atom. The summed E-state index contributed by atoms with van der Waals surface area (Å²) in [5.41, 5.74) is 1.18. The van der Waals surface area contributed by atoms with Gasteiger partial charge in [-0.2, -0.15) is 16.9 Å². The van der Waals surface area contributed by atoms with Crippen molar-refractivity contribution in [2.75, 3.05) is 30.0 Å². The fourth-order valence-electron chi connectivity index (χ4n) is 3.81. The lowest BCUT2D eigenvalue weighted by Gasteiger charge is -2.28. The predicted molar refractivity (Wildman–Crippen MR) is 141 cm³/mol. The number of halogens is 4. The molecule has 0 saturated heterocycles. The first-order valence-electron chi connectivity index (χ1n) is 11.0. The van der Waals surface area contributed by atoms with Gasteiger partial charge < -0.3 is 9.47 Å². The fourth-order valence-corrected chi connectivity index (χ4v) is 4.99. The van der Waals surface area contributed by atoms with E-state index in [9.17, 15) is 22.8 Å². The number of rotatable bonds is 7. The molecule has 0 bridgehead atoms. The molecule has 7 nitrogen and oxygen atoms in total. The zero-order chi connectivity index (χ0) is 27.2. The SMILES string of the molecule is COC(=O)SN(C(=O)N1CC(C)(CCCSC)C(c2ccc(Cl)cc2)=N1)c1ccc(OC(F)(F)F)cc1. The van der Waals surface area contributed by atoms with Crippen LogP contribution in [0.5, 0.6) is 5.75 Å². The number of urea groups is 1. The monoisotopic (exact) mass is 575 g/mol. The molecule has 0 aliphatic carbocycles. The normalized spacial score (nSPS) is 17.4. The summed E-state index contributed by atoms with van der Waals surface area (Å²) in [5, 5.41) is 5.68. The maximum Gasteiger partial charge on any atom is 0.573 e. The van der Waals surface area contributed by atoms with Gasteiger partial charge in [0.05, 0.1) is 37.0 Å². The number of hydrogen-bond acceptors (Lipinski definition) is 7. The molecule has 0 radical (unpaired) electrons. The molecule has 13 heteroatoms. The zero-order valence-electron chi connectivity index (χ0n) is 20.3. The Balaban J connectivity index is 1.94. The van der Waals surface area contributed by atoms with Gasteiger partial charge in [-0.15, -0.1) is 13.2 Å². The van der Waals surface area contributed by atoms with E-state index in [1.165, 1.54) is 17.1 Å². The first kappa shape index (κ1) is 29.0. The molecule has 2 aromatic carbocycles. The smallest absolute Gasteiger partial charge is 0.460 e. The standard InChI is InChI=1S/C24H25ClF3N3O4S2/c1-23(13-4-14-36-3)15-30(29-20(23)16-5-7-17(25)8-6-16)21(32)31(37-22(33)34-2)18-9-11-19(12-10-18)35-24(26,27)28/h5-12H,4,13-15H2,1-3H3. The minimum absolute atomic E-state index is 0.147. The minimum Gasteiger partial charge on any atom is -0.460 e. The Bertz CT molecular complexity index is 1130. The van der Waals surface area contributed by atoms with Gasteiger partial charge >= 0.3 is 17.7 Å². The van der Waals surface area contributed by atoms with E-state index in [1.54, 1.807) is 23.9 Å². The van der Waals surface area contributed by atoms with Gasteiger partial charge in [-0.05, 0) is 66.8 Å². The van der Waals surface area contributed by atoms with E-state index in [2.05, 4.69) is 9.84 Å². The summed E-state index contributed by atoms with van der Waals surface area (Å²) in [6, 6.07) is 11.1. The summed E-state index contributed by atoms with van der Waals surface area (Å²) in [6.07, 6.45) is -1.19. The minimum atomic E-state index is -4.86. The van der Waals surface area contributed by atoms with Crippen LogP contribution in [0.4, 0.5) is 28.4 Å². The van der Waals surface area contributed by atoms with Gasteiger partial charge in [-0.25, -0.2) is 18.9 Å². The highest BCUT2D eigenvalue weighted by Crippen LogP contribution is 2.38. The number of amides is 2. The second kappa shape index (κ2) is 12.3. The summed E-state index contributed by atoms with van der Waals surface area (Å²) in [6.45, 7) is 2.26. The zero-order valence-corrected chi connectivity index (χ0v) is 22.6. The predicted octanol–water partition coefficient (Wildman–Crippen LogP) is 7.45. The molecular weight excluding hydrogens is 551 g/mol. The Hall–Kier alpha value is -2.57. The maximum atomic E-state index is 13.6. The van der Waals surface area contributed by atoms with E-state index in [0.717, 1.165) is 47.7 Å². The number of methoxy groups -OCH3 is 1. The first-order valence-corrected chi connectivity index (χ1v) is 13.6. The third-order valence-electron chi connectivity index (χ3n) is 5.52. The summed E-state index contributed by atoms with van der Waals surface area (Å²) in [5.74, 6) is 0.478. The summed E-state index contributed by atoms with van der Waals surface area (Å²) < 4.78 is 47.3. The van der Waals surface area contributed by atoms with Crippen LogP contribution in [0.3, 0.4) is 0 Å². The van der Waals surface area contributed by atoms with Crippen molar-refractivity contribution in [2.24, 2.45) is 10.5 Å². The van der Waals surface area contributed by atoms with Crippen molar-refractivity contribution in [1.82, 2.24) is 5.01 Å². The van der Waals surface area contributed by atoms with Crippen molar-refractivity contribution in [3.63, 3.8) is 0 Å². The van der Waals surface area contributed by atoms with Crippen LogP contribution < -0.4 is 9.04 Å². The van der Waals surface area contributed by atoms with E-state index in [0.29, 0.717) is 22.7 Å². The van der Waals surface area contributed by atoms with Crippen LogP contribution in [-0.2, 0) is 4.74 Å². The lowest BCUT2D eigenvalue weighted by atomic mass is 9.78. The Labute approximate surface area is 226 Å². The number of carbonyl (C=O) groups is 2. The lowest BCUT2D eigenvalue weighted by molar-refractivity contribution is -0.274. The highest BCUT2D eigenvalue weighted by molar-refractivity contribution is 8.15. The quantitative estimate of drug-likeness (QED) is 0.194. The number of nitrogens with zero attached hydrogens (tertiary/aromatic N) is 3. The van der Waals surface area contributed by atoms with Crippen LogP contribution >= 0.6 is 35.3 Å². The second-order valence-corrected chi connectivity index (χ2v) is 10.6. The molecule has 200 valence electrons. The van der Waals surface area contributed by atoms with Crippen molar-refractivity contribution in [3.8, 4) is 5.75 Å². The third kappa shape index (κ3) is 7.71. The number of anilines is 1. The van der Waals surface area contributed by atoms with Crippen molar-refractivity contribution in [3.05, 3.63) is 59.1 Å². The number of ether oxygens (including phenoxy) is 2. The molecule has 0 fully saturated rings. The number of alkyl halides is 3. The van der Waals surface area contributed by atoms with Crippen LogP contribution in [-0.4, -0.2) is 54.1 Å². The molecule has 2 aromatic rings. The average molecular weight is 576 g/mol. The molecule has 2 amide bonds. The molecule has 1 aliphatic heterocycles. The van der Waals surface area contributed by atoms with E-state index in [4.69, 9.17) is 16.3 Å². The van der Waals surface area contributed by atoms with Gasteiger partial charge in [0.15, 0.2) is 0 Å². The van der Waals surface area contributed by atoms with Crippen molar-refractivity contribution < 1.29 is 32.2 Å². The molecule has 1 atom stereocenters. The highest BCUT2D eigenvalue weighted by Gasteiger charge is 2.42. The molecule has 0 N–H and O–H groups in total. The maximum absolute atomic E-state index is 13.6. The second-order valence-electron chi connectivity index (χ2n) is 8.33. The van der Waals surface area contributed by atoms with Gasteiger partial charge in [0.25, 0.3) is 0 Å². The van der Waals surface area contributed by atoms with E-state index in [-0.39, 0.29) is 12.2 Å². The van der Waals surface area contributed by atoms with Crippen molar-refractivity contribution >= 4 is 58.0 Å². The molecule has 1 aliphatic rings. The van der Waals surface area contributed by atoms with E-state index >= 15 is 0 Å². The molecular formula is C24H25ClF3N3O4S2. The molecule has 1 unspecified atom stereocenters. The van der Waals surface area contributed by atoms with Crippen LogP contribution in [0, 0.1) is 5.41 Å². The number of thioether (sulfide) groups is 1. The molecule has 0 aromatic heterocycles. The van der Waals surface area contributed by atoms with Crippen molar-refractivity contribution in [2.45, 2.75) is 26.1 Å². The molecule has 0 saturated carbocycles. The summed E-state index contributed by atoms with van der Waals surface area (Å²) in [7, 11) is 1.16. The van der Waals surface area contributed by atoms with Gasteiger partial charge in [0.1, 0.15) is 5.75 Å². The van der Waals surface area contributed by atoms with Crippen LogP contribution in [0.15, 0.2) is 53.6 Å². The van der Waals surface area contributed by atoms with Crippen LogP contribution in [0.2, 0.25) is 5.02 Å². The van der Waals surface area contributed by atoms with E-state index in [1.807, 2.05) is 25.3 Å². The van der Waals surface area contributed by atoms with E-state index < -0.39 is 28.9 Å². The number of hydrogen-bond donors (Lipinski definition) is 0. The Morgan fingerprint density at radius 3 is 2.38 bits per heavy atom. The summed E-state index contributed by atoms with van der Waals surface area (Å²) in [4.78, 5) is 25.7. The Kier molecular flexibility index (Phi) is 9.65. The highest BCUT2D eigenvalue weighted by atomic mass is 35.5. The summed E-state index contributed by atoms with van der Waals surface area (Å²) >= 11 is 8.24. The number of hydrazone groups is 1. The molecule has 1 heterocycles. The number of carbonyl (C=O) groups excluding carboxylic acids is 2. The fraction of sp³-hybridized carbons (Fsp3) is 0.375. The molecule has 37 heavy (non-hydrogen) atoms. The number of benzene rings is 2. The largest absolute Gasteiger partial charge is 0.573 e. The first-order chi connectivity index (χ1) is 17.5.